The van der Waals surface area contributed by atoms with Gasteiger partial charge < -0.3 is 4.74 Å². The van der Waals surface area contributed by atoms with Gasteiger partial charge in [-0.25, -0.2) is 0 Å². The van der Waals surface area contributed by atoms with E-state index in [4.69, 9.17) is 16.3 Å². The largest absolute Gasteiger partial charge is 0.487 e. The maximum absolute atomic E-state index is 12.2. The molecule has 1 heterocycles. The molecular weight excluding hydrogens is 334 g/mol. The third kappa shape index (κ3) is 4.78. The van der Waals surface area contributed by atoms with Gasteiger partial charge in [0.15, 0.2) is 5.78 Å². The summed E-state index contributed by atoms with van der Waals surface area (Å²) in [6.45, 7) is 0.372. The van der Waals surface area contributed by atoms with Crippen molar-refractivity contribution in [3.63, 3.8) is 0 Å². The zero-order valence-electron chi connectivity index (χ0n) is 13.4. The SMILES string of the molecule is O=C(C=Cc1ccccc1OCc1ccccn1)c1ccc(Cl)cc1. The number of ketones is 1. The highest BCUT2D eigenvalue weighted by Gasteiger charge is 2.04. The fraction of sp³-hybridized carbons (Fsp3) is 0.0476. The standard InChI is InChI=1S/C21H16ClNO2/c22-18-11-8-16(9-12-18)20(24)13-10-17-5-1-2-7-21(17)25-15-19-6-3-4-14-23-19/h1-14H,15H2. The quantitative estimate of drug-likeness (QED) is 0.453. The van der Waals surface area contributed by atoms with E-state index in [-0.39, 0.29) is 5.78 Å². The van der Waals surface area contributed by atoms with Crippen LogP contribution in [0.4, 0.5) is 0 Å². The van der Waals surface area contributed by atoms with Gasteiger partial charge in [0.25, 0.3) is 0 Å². The average molecular weight is 350 g/mol. The maximum Gasteiger partial charge on any atom is 0.185 e. The number of hydrogen-bond acceptors (Lipinski definition) is 3. The Morgan fingerprint density at radius 3 is 2.52 bits per heavy atom. The van der Waals surface area contributed by atoms with Crippen molar-refractivity contribution >= 4 is 23.5 Å². The lowest BCUT2D eigenvalue weighted by Crippen LogP contribution is -1.99. The van der Waals surface area contributed by atoms with Gasteiger partial charge >= 0.3 is 0 Å². The molecule has 0 saturated carbocycles. The van der Waals surface area contributed by atoms with Gasteiger partial charge in [0, 0.05) is 22.3 Å². The van der Waals surface area contributed by atoms with Crippen LogP contribution in [0.15, 0.2) is 79.0 Å². The summed E-state index contributed by atoms with van der Waals surface area (Å²) >= 11 is 5.84. The monoisotopic (exact) mass is 349 g/mol. The predicted molar refractivity (Wildman–Crippen MR) is 99.8 cm³/mol. The Labute approximate surface area is 151 Å². The summed E-state index contributed by atoms with van der Waals surface area (Å²) in [6, 6.07) is 20.1. The van der Waals surface area contributed by atoms with E-state index in [0.29, 0.717) is 22.9 Å². The topological polar surface area (TPSA) is 39.2 Å². The van der Waals surface area contributed by atoms with E-state index < -0.39 is 0 Å². The van der Waals surface area contributed by atoms with Crippen LogP contribution in [0.5, 0.6) is 5.75 Å². The minimum Gasteiger partial charge on any atom is -0.487 e. The molecule has 0 amide bonds. The number of carbonyl (C=O) groups excluding carboxylic acids is 1. The number of nitrogens with zero attached hydrogens (tertiary/aromatic N) is 1. The number of benzene rings is 2. The average Bonchev–Trinajstić information content (AvgIpc) is 2.66. The molecule has 3 rings (SSSR count). The Hall–Kier alpha value is -2.91. The number of rotatable bonds is 6. The molecule has 0 unspecified atom stereocenters. The van der Waals surface area contributed by atoms with Gasteiger partial charge in [-0.3, -0.25) is 9.78 Å². The van der Waals surface area contributed by atoms with Crippen molar-refractivity contribution in [3.05, 3.63) is 101 Å². The molecule has 25 heavy (non-hydrogen) atoms. The zero-order chi connectivity index (χ0) is 17.5. The highest BCUT2D eigenvalue weighted by atomic mass is 35.5. The van der Waals surface area contributed by atoms with Crippen LogP contribution in [0, 0.1) is 0 Å². The van der Waals surface area contributed by atoms with Crippen LogP contribution in [0.1, 0.15) is 21.6 Å². The molecular formula is C21H16ClNO2. The second-order valence-corrected chi connectivity index (χ2v) is 5.79. The zero-order valence-corrected chi connectivity index (χ0v) is 14.2. The first-order chi connectivity index (χ1) is 12.2. The third-order valence-electron chi connectivity index (χ3n) is 3.56. The lowest BCUT2D eigenvalue weighted by atomic mass is 10.1. The Bertz CT molecular complexity index is 874. The van der Waals surface area contributed by atoms with Crippen molar-refractivity contribution < 1.29 is 9.53 Å². The molecule has 0 atom stereocenters. The summed E-state index contributed by atoms with van der Waals surface area (Å²) in [5.41, 5.74) is 2.27. The molecule has 3 aromatic rings. The first-order valence-corrected chi connectivity index (χ1v) is 8.20. The van der Waals surface area contributed by atoms with E-state index in [2.05, 4.69) is 4.98 Å². The Kier molecular flexibility index (Phi) is 5.60. The molecule has 0 aliphatic heterocycles. The van der Waals surface area contributed by atoms with Gasteiger partial charge in [0.2, 0.25) is 0 Å². The normalized spacial score (nSPS) is 10.8. The van der Waals surface area contributed by atoms with Crippen molar-refractivity contribution in [2.75, 3.05) is 0 Å². The number of carbonyl (C=O) groups is 1. The highest BCUT2D eigenvalue weighted by Crippen LogP contribution is 2.21. The van der Waals surface area contributed by atoms with Crippen LogP contribution in [-0.2, 0) is 6.61 Å². The number of pyridine rings is 1. The van der Waals surface area contributed by atoms with Crippen molar-refractivity contribution in [1.82, 2.24) is 4.98 Å². The lowest BCUT2D eigenvalue weighted by molar-refractivity contribution is 0.104. The molecule has 0 spiro atoms. The van der Waals surface area contributed by atoms with Gasteiger partial charge in [-0.2, -0.15) is 0 Å². The summed E-state index contributed by atoms with van der Waals surface area (Å²) in [6.07, 6.45) is 5.02. The summed E-state index contributed by atoms with van der Waals surface area (Å²) < 4.78 is 5.83. The molecule has 0 fully saturated rings. The molecule has 0 bridgehead atoms. The highest BCUT2D eigenvalue weighted by molar-refractivity contribution is 6.30. The summed E-state index contributed by atoms with van der Waals surface area (Å²) in [4.78, 5) is 16.5. The molecule has 0 radical (unpaired) electrons. The van der Waals surface area contributed by atoms with Crippen LogP contribution >= 0.6 is 11.6 Å². The number of allylic oxidation sites excluding steroid dienone is 1. The molecule has 4 heteroatoms. The molecule has 3 nitrogen and oxygen atoms in total. The van der Waals surface area contributed by atoms with Crippen LogP contribution in [0.25, 0.3) is 6.08 Å². The van der Waals surface area contributed by atoms with Crippen molar-refractivity contribution in [2.24, 2.45) is 0 Å². The first kappa shape index (κ1) is 16.9. The Morgan fingerprint density at radius 2 is 1.76 bits per heavy atom. The van der Waals surface area contributed by atoms with Gasteiger partial charge in [0.1, 0.15) is 12.4 Å². The lowest BCUT2D eigenvalue weighted by Gasteiger charge is -2.08. The number of halogens is 1. The smallest absolute Gasteiger partial charge is 0.185 e. The maximum atomic E-state index is 12.2. The molecule has 0 saturated heterocycles. The van der Waals surface area contributed by atoms with E-state index in [0.717, 1.165) is 11.3 Å². The van der Waals surface area contributed by atoms with Crippen molar-refractivity contribution in [1.29, 1.82) is 0 Å². The molecule has 0 N–H and O–H groups in total. The number of aromatic nitrogens is 1. The fourth-order valence-corrected chi connectivity index (χ4v) is 2.39. The van der Waals surface area contributed by atoms with Gasteiger partial charge in [-0.1, -0.05) is 35.9 Å². The summed E-state index contributed by atoms with van der Waals surface area (Å²) in [5, 5.41) is 0.605. The predicted octanol–water partition coefficient (Wildman–Crippen LogP) is 5.21. The molecule has 0 aliphatic carbocycles. The van der Waals surface area contributed by atoms with E-state index >= 15 is 0 Å². The van der Waals surface area contributed by atoms with Gasteiger partial charge in [-0.15, -0.1) is 0 Å². The molecule has 2 aromatic carbocycles. The fourth-order valence-electron chi connectivity index (χ4n) is 2.26. The van der Waals surface area contributed by atoms with E-state index in [1.165, 1.54) is 6.08 Å². The summed E-state index contributed by atoms with van der Waals surface area (Å²) in [5.74, 6) is 0.615. The Balaban J connectivity index is 1.72. The summed E-state index contributed by atoms with van der Waals surface area (Å²) in [7, 11) is 0. The number of ether oxygens (including phenoxy) is 1. The van der Waals surface area contributed by atoms with Crippen LogP contribution in [0.3, 0.4) is 0 Å². The van der Waals surface area contributed by atoms with Crippen LogP contribution in [-0.4, -0.2) is 10.8 Å². The van der Waals surface area contributed by atoms with Crippen LogP contribution in [0.2, 0.25) is 5.02 Å². The number of para-hydroxylation sites is 1. The van der Waals surface area contributed by atoms with E-state index in [1.54, 1.807) is 36.5 Å². The second-order valence-electron chi connectivity index (χ2n) is 5.35. The Morgan fingerprint density at radius 1 is 1.00 bits per heavy atom. The van der Waals surface area contributed by atoms with E-state index in [1.807, 2.05) is 42.5 Å². The van der Waals surface area contributed by atoms with Crippen molar-refractivity contribution in [2.45, 2.75) is 6.61 Å². The minimum absolute atomic E-state index is 0.0869. The minimum atomic E-state index is -0.0869. The second kappa shape index (κ2) is 8.27. The van der Waals surface area contributed by atoms with Crippen molar-refractivity contribution in [3.8, 4) is 5.75 Å². The van der Waals surface area contributed by atoms with Gasteiger partial charge in [0.05, 0.1) is 5.69 Å². The molecule has 0 aliphatic rings. The molecule has 1 aromatic heterocycles. The first-order valence-electron chi connectivity index (χ1n) is 7.82. The van der Waals surface area contributed by atoms with E-state index in [9.17, 15) is 4.79 Å². The van der Waals surface area contributed by atoms with Crippen LogP contribution < -0.4 is 4.74 Å². The third-order valence-corrected chi connectivity index (χ3v) is 3.82. The van der Waals surface area contributed by atoms with Gasteiger partial charge in [-0.05, 0) is 54.6 Å². The molecule has 124 valence electrons. The number of hydrogen-bond donors (Lipinski definition) is 0.